The minimum absolute atomic E-state index is 0.737. The predicted octanol–water partition coefficient (Wildman–Crippen LogP) is 2.13. The average molecular weight is 323 g/mol. The van der Waals surface area contributed by atoms with E-state index in [0.717, 1.165) is 36.4 Å². The summed E-state index contributed by atoms with van der Waals surface area (Å²) in [5, 5.41) is 0.790. The van der Waals surface area contributed by atoms with Gasteiger partial charge in [-0.1, -0.05) is 17.7 Å². The zero-order chi connectivity index (χ0) is 15.5. The van der Waals surface area contributed by atoms with Crippen LogP contribution in [0, 0.1) is 0 Å². The number of nitrogens with zero attached hydrogens (tertiary/aromatic N) is 3. The van der Waals surface area contributed by atoms with Crippen molar-refractivity contribution in [3.8, 4) is 0 Å². The number of hydrogen-bond acceptors (Lipinski definition) is 4. The highest BCUT2D eigenvalue weighted by Crippen LogP contribution is 2.22. The van der Waals surface area contributed by atoms with E-state index in [1.807, 2.05) is 12.1 Å². The van der Waals surface area contributed by atoms with Crippen LogP contribution in [0.25, 0.3) is 0 Å². The fourth-order valence-electron chi connectivity index (χ4n) is 3.58. The van der Waals surface area contributed by atoms with Gasteiger partial charge in [0.05, 0.1) is 0 Å². The second kappa shape index (κ2) is 7.18. The fourth-order valence-corrected chi connectivity index (χ4v) is 3.83. The molecule has 3 rings (SSSR count). The molecule has 2 aliphatic rings. The Hall–Kier alpha value is -0.810. The zero-order valence-electron chi connectivity index (χ0n) is 13.5. The molecule has 0 spiro atoms. The van der Waals surface area contributed by atoms with Gasteiger partial charge in [-0.2, -0.15) is 0 Å². The minimum Gasteiger partial charge on any atom is -0.399 e. The van der Waals surface area contributed by atoms with E-state index < -0.39 is 0 Å². The number of rotatable bonds is 3. The number of nitrogens with two attached hydrogens (primary N) is 1. The summed E-state index contributed by atoms with van der Waals surface area (Å²) in [5.41, 5.74) is 7.68. The van der Waals surface area contributed by atoms with Crippen molar-refractivity contribution in [1.82, 2.24) is 14.7 Å². The van der Waals surface area contributed by atoms with E-state index in [9.17, 15) is 0 Å². The van der Waals surface area contributed by atoms with E-state index in [0.29, 0.717) is 0 Å². The van der Waals surface area contributed by atoms with Gasteiger partial charge in [-0.05, 0) is 50.7 Å². The van der Waals surface area contributed by atoms with E-state index in [2.05, 4.69) is 27.8 Å². The van der Waals surface area contributed by atoms with Crippen molar-refractivity contribution >= 4 is 17.3 Å². The molecule has 1 aromatic rings. The van der Waals surface area contributed by atoms with Crippen LogP contribution in [0.1, 0.15) is 18.4 Å². The Balaban J connectivity index is 1.49. The number of nitrogen functional groups attached to an aromatic ring is 1. The molecule has 0 unspecified atom stereocenters. The molecular formula is C17H27ClN4. The van der Waals surface area contributed by atoms with Crippen LogP contribution >= 0.6 is 11.6 Å². The molecule has 2 saturated heterocycles. The molecule has 2 N–H and O–H groups in total. The van der Waals surface area contributed by atoms with Crippen LogP contribution in [0.15, 0.2) is 18.2 Å². The Morgan fingerprint density at radius 3 is 2.41 bits per heavy atom. The third-order valence-corrected chi connectivity index (χ3v) is 5.43. The summed E-state index contributed by atoms with van der Waals surface area (Å²) in [6.07, 6.45) is 2.64. The molecular weight excluding hydrogens is 296 g/mol. The second-order valence-electron chi connectivity index (χ2n) is 6.70. The van der Waals surface area contributed by atoms with Crippen LogP contribution in [-0.2, 0) is 6.54 Å². The summed E-state index contributed by atoms with van der Waals surface area (Å²) < 4.78 is 0. The SMILES string of the molecule is CN1CCC(N2CCN(Cc3ccc(N)cc3Cl)CC2)CC1. The minimum atomic E-state index is 0.737. The standard InChI is InChI=1S/C17H27ClN4/c1-20-6-4-16(5-7-20)22-10-8-21(9-11-22)13-14-2-3-15(19)12-17(14)18/h2-3,12,16H,4-11,13,19H2,1H3. The lowest BCUT2D eigenvalue weighted by Crippen LogP contribution is -2.52. The molecule has 122 valence electrons. The molecule has 2 heterocycles. The van der Waals surface area contributed by atoms with Gasteiger partial charge in [0.25, 0.3) is 0 Å². The second-order valence-corrected chi connectivity index (χ2v) is 7.10. The van der Waals surface area contributed by atoms with Crippen molar-refractivity contribution in [3.05, 3.63) is 28.8 Å². The Labute approximate surface area is 138 Å². The van der Waals surface area contributed by atoms with Gasteiger partial charge < -0.3 is 10.6 Å². The highest BCUT2D eigenvalue weighted by molar-refractivity contribution is 6.31. The third kappa shape index (κ3) is 3.93. The first-order chi connectivity index (χ1) is 10.6. The van der Waals surface area contributed by atoms with E-state index in [1.54, 1.807) is 0 Å². The molecule has 0 amide bonds. The maximum absolute atomic E-state index is 6.29. The normalized spacial score (nSPS) is 23.0. The first-order valence-corrected chi connectivity index (χ1v) is 8.68. The number of piperazine rings is 1. The molecule has 0 saturated carbocycles. The monoisotopic (exact) mass is 322 g/mol. The van der Waals surface area contributed by atoms with Crippen LogP contribution in [0.3, 0.4) is 0 Å². The number of halogens is 1. The first kappa shape index (κ1) is 16.1. The largest absolute Gasteiger partial charge is 0.399 e. The lowest BCUT2D eigenvalue weighted by molar-refractivity contribution is 0.0618. The third-order valence-electron chi connectivity index (χ3n) is 5.08. The molecule has 0 aliphatic carbocycles. The molecule has 2 fully saturated rings. The molecule has 4 nitrogen and oxygen atoms in total. The van der Waals surface area contributed by atoms with E-state index >= 15 is 0 Å². The van der Waals surface area contributed by atoms with Crippen LogP contribution < -0.4 is 5.73 Å². The first-order valence-electron chi connectivity index (χ1n) is 8.30. The zero-order valence-corrected chi connectivity index (χ0v) is 14.2. The fraction of sp³-hybridized carbons (Fsp3) is 0.647. The molecule has 2 aliphatic heterocycles. The number of likely N-dealkylation sites (tertiary alicyclic amines) is 1. The van der Waals surface area contributed by atoms with Crippen molar-refractivity contribution in [2.24, 2.45) is 0 Å². The average Bonchev–Trinajstić information content (AvgIpc) is 2.52. The van der Waals surface area contributed by atoms with Crippen LogP contribution in [-0.4, -0.2) is 67.1 Å². The number of piperidine rings is 1. The maximum atomic E-state index is 6.29. The van der Waals surface area contributed by atoms with Crippen LogP contribution in [0.4, 0.5) is 5.69 Å². The van der Waals surface area contributed by atoms with Crippen molar-refractivity contribution in [3.63, 3.8) is 0 Å². The Morgan fingerprint density at radius 1 is 1.09 bits per heavy atom. The highest BCUT2D eigenvalue weighted by Gasteiger charge is 2.26. The van der Waals surface area contributed by atoms with Crippen LogP contribution in [0.2, 0.25) is 5.02 Å². The van der Waals surface area contributed by atoms with E-state index in [-0.39, 0.29) is 0 Å². The van der Waals surface area contributed by atoms with Crippen molar-refractivity contribution in [1.29, 1.82) is 0 Å². The summed E-state index contributed by atoms with van der Waals surface area (Å²) in [7, 11) is 2.23. The molecule has 0 atom stereocenters. The summed E-state index contributed by atoms with van der Waals surface area (Å²) >= 11 is 6.29. The number of anilines is 1. The van der Waals surface area contributed by atoms with E-state index in [1.165, 1.54) is 44.6 Å². The molecule has 0 radical (unpaired) electrons. The molecule has 5 heteroatoms. The van der Waals surface area contributed by atoms with Crippen LogP contribution in [0.5, 0.6) is 0 Å². The summed E-state index contributed by atoms with van der Waals surface area (Å²) in [6.45, 7) is 8.04. The lowest BCUT2D eigenvalue weighted by Gasteiger charge is -2.42. The van der Waals surface area contributed by atoms with Gasteiger partial charge in [-0.15, -0.1) is 0 Å². The Bertz CT molecular complexity index is 491. The Morgan fingerprint density at radius 2 is 1.77 bits per heavy atom. The molecule has 22 heavy (non-hydrogen) atoms. The summed E-state index contributed by atoms with van der Waals surface area (Å²) in [6, 6.07) is 6.64. The highest BCUT2D eigenvalue weighted by atomic mass is 35.5. The smallest absolute Gasteiger partial charge is 0.0471 e. The van der Waals surface area contributed by atoms with Crippen molar-refractivity contribution < 1.29 is 0 Å². The predicted molar refractivity (Wildman–Crippen MR) is 93.2 cm³/mol. The number of benzene rings is 1. The topological polar surface area (TPSA) is 35.7 Å². The molecule has 1 aromatic carbocycles. The molecule has 0 bridgehead atoms. The quantitative estimate of drug-likeness (QED) is 0.865. The summed E-state index contributed by atoms with van der Waals surface area (Å²) in [4.78, 5) is 7.63. The van der Waals surface area contributed by atoms with Gasteiger partial charge >= 0.3 is 0 Å². The lowest BCUT2D eigenvalue weighted by atomic mass is 10.0. The molecule has 0 aromatic heterocycles. The maximum Gasteiger partial charge on any atom is 0.0471 e. The van der Waals surface area contributed by atoms with Gasteiger partial charge in [0.1, 0.15) is 0 Å². The Kier molecular flexibility index (Phi) is 5.24. The van der Waals surface area contributed by atoms with Crippen molar-refractivity contribution in [2.45, 2.75) is 25.4 Å². The number of hydrogen-bond donors (Lipinski definition) is 1. The van der Waals surface area contributed by atoms with E-state index in [4.69, 9.17) is 17.3 Å². The van der Waals surface area contributed by atoms with Gasteiger partial charge in [-0.3, -0.25) is 9.80 Å². The summed E-state index contributed by atoms with van der Waals surface area (Å²) in [5.74, 6) is 0. The van der Waals surface area contributed by atoms with Gasteiger partial charge in [0.2, 0.25) is 0 Å². The van der Waals surface area contributed by atoms with Gasteiger partial charge in [-0.25, -0.2) is 0 Å². The van der Waals surface area contributed by atoms with Crippen molar-refractivity contribution in [2.75, 3.05) is 52.0 Å². The van der Waals surface area contributed by atoms with Gasteiger partial charge in [0, 0.05) is 49.5 Å². The van der Waals surface area contributed by atoms with Gasteiger partial charge in [0.15, 0.2) is 0 Å².